The van der Waals surface area contributed by atoms with Gasteiger partial charge < -0.3 is 19.7 Å². The molecule has 0 bridgehead atoms. The topological polar surface area (TPSA) is 102 Å². The standard InChI is InChI=1S/C25H26BrClN2O6/c1-2-3-4-11-34-24(32)16-5-8-19(9-6-16)29-14-17(12-23(29)31)25(33)35-15-22(30)28-18-7-10-20(26)21(27)13-18/h5-10,13,17H,2-4,11-12,14-15H2,1H3,(H,28,30)/t17-/m1/s1. The van der Waals surface area contributed by atoms with Gasteiger partial charge in [0.1, 0.15) is 0 Å². The Kier molecular flexibility index (Phi) is 9.68. The van der Waals surface area contributed by atoms with Crippen LogP contribution in [0.5, 0.6) is 0 Å². The molecule has 0 saturated carbocycles. The van der Waals surface area contributed by atoms with Crippen molar-refractivity contribution in [2.75, 3.05) is 30.0 Å². The zero-order valence-electron chi connectivity index (χ0n) is 19.2. The Morgan fingerprint density at radius 1 is 1.11 bits per heavy atom. The fourth-order valence-electron chi connectivity index (χ4n) is 3.52. The average molecular weight is 566 g/mol. The summed E-state index contributed by atoms with van der Waals surface area (Å²) >= 11 is 9.27. The molecule has 2 aromatic rings. The zero-order valence-corrected chi connectivity index (χ0v) is 21.6. The molecule has 0 aromatic heterocycles. The van der Waals surface area contributed by atoms with E-state index in [1.165, 1.54) is 4.90 Å². The summed E-state index contributed by atoms with van der Waals surface area (Å²) in [4.78, 5) is 50.6. The number of nitrogens with one attached hydrogen (secondary N) is 1. The number of carbonyl (C=O) groups excluding carboxylic acids is 4. The quantitative estimate of drug-likeness (QED) is 0.322. The van der Waals surface area contributed by atoms with E-state index in [0.717, 1.165) is 19.3 Å². The smallest absolute Gasteiger partial charge is 0.338 e. The van der Waals surface area contributed by atoms with Crippen LogP contribution in [0.3, 0.4) is 0 Å². The molecule has 3 rings (SSSR count). The number of unbranched alkanes of at least 4 members (excludes halogenated alkanes) is 2. The maximum atomic E-state index is 12.5. The monoisotopic (exact) mass is 564 g/mol. The van der Waals surface area contributed by atoms with Crippen molar-refractivity contribution in [2.24, 2.45) is 5.92 Å². The number of nitrogens with zero attached hydrogens (tertiary/aromatic N) is 1. The van der Waals surface area contributed by atoms with Crippen molar-refractivity contribution < 1.29 is 28.7 Å². The van der Waals surface area contributed by atoms with Gasteiger partial charge in [0.15, 0.2) is 6.61 Å². The van der Waals surface area contributed by atoms with Crippen molar-refractivity contribution in [3.05, 3.63) is 57.5 Å². The summed E-state index contributed by atoms with van der Waals surface area (Å²) in [7, 11) is 0. The van der Waals surface area contributed by atoms with Crippen LogP contribution < -0.4 is 10.2 Å². The normalized spacial score (nSPS) is 15.1. The summed E-state index contributed by atoms with van der Waals surface area (Å²) in [5.41, 5.74) is 1.43. The van der Waals surface area contributed by atoms with E-state index >= 15 is 0 Å². The molecule has 2 amide bonds. The fraction of sp³-hybridized carbons (Fsp3) is 0.360. The van der Waals surface area contributed by atoms with Crippen LogP contribution in [0.25, 0.3) is 0 Å². The second-order valence-corrected chi connectivity index (χ2v) is 9.34. The number of halogens is 2. The van der Waals surface area contributed by atoms with Crippen LogP contribution in [-0.2, 0) is 23.9 Å². The molecule has 186 valence electrons. The Morgan fingerprint density at radius 3 is 2.54 bits per heavy atom. The second kappa shape index (κ2) is 12.7. The number of hydrogen-bond donors (Lipinski definition) is 1. The summed E-state index contributed by atoms with van der Waals surface area (Å²) in [6, 6.07) is 11.4. The fourth-order valence-corrected chi connectivity index (χ4v) is 3.95. The Hall–Kier alpha value is -2.91. The minimum absolute atomic E-state index is 0.0238. The molecule has 1 atom stereocenters. The maximum absolute atomic E-state index is 12.5. The number of hydrogen-bond acceptors (Lipinski definition) is 6. The SMILES string of the molecule is CCCCCOC(=O)c1ccc(N2C[C@H](C(=O)OCC(=O)Nc3ccc(Br)c(Cl)c3)CC2=O)cc1. The van der Waals surface area contributed by atoms with Gasteiger partial charge in [0.2, 0.25) is 5.91 Å². The lowest BCUT2D eigenvalue weighted by Gasteiger charge is -2.17. The van der Waals surface area contributed by atoms with E-state index in [0.29, 0.717) is 33.0 Å². The highest BCUT2D eigenvalue weighted by molar-refractivity contribution is 9.10. The van der Waals surface area contributed by atoms with Crippen LogP contribution in [0.1, 0.15) is 43.0 Å². The summed E-state index contributed by atoms with van der Waals surface area (Å²) in [6.45, 7) is 2.09. The first-order valence-corrected chi connectivity index (χ1v) is 12.4. The number of esters is 2. The van der Waals surface area contributed by atoms with E-state index < -0.39 is 30.4 Å². The number of amides is 2. The van der Waals surface area contributed by atoms with Gasteiger partial charge in [0.25, 0.3) is 5.91 Å². The largest absolute Gasteiger partial charge is 0.462 e. The molecule has 2 aromatic carbocycles. The number of ether oxygens (including phenoxy) is 2. The highest BCUT2D eigenvalue weighted by Crippen LogP contribution is 2.27. The van der Waals surface area contributed by atoms with Gasteiger partial charge in [-0.2, -0.15) is 0 Å². The Morgan fingerprint density at radius 2 is 1.86 bits per heavy atom. The van der Waals surface area contributed by atoms with Gasteiger partial charge in [0.05, 0.1) is 23.1 Å². The van der Waals surface area contributed by atoms with Crippen molar-refractivity contribution in [3.8, 4) is 0 Å². The van der Waals surface area contributed by atoms with Crippen molar-refractivity contribution in [1.29, 1.82) is 0 Å². The van der Waals surface area contributed by atoms with Gasteiger partial charge in [0, 0.05) is 28.8 Å². The van der Waals surface area contributed by atoms with E-state index in [9.17, 15) is 19.2 Å². The van der Waals surface area contributed by atoms with Crippen LogP contribution >= 0.6 is 27.5 Å². The summed E-state index contributed by atoms with van der Waals surface area (Å²) in [6.07, 6.45) is 2.83. The molecular weight excluding hydrogens is 540 g/mol. The minimum atomic E-state index is -0.694. The molecule has 35 heavy (non-hydrogen) atoms. The number of anilines is 2. The van der Waals surface area contributed by atoms with E-state index in [-0.39, 0.29) is 18.9 Å². The van der Waals surface area contributed by atoms with Gasteiger partial charge in [-0.05, 0) is 64.8 Å². The molecule has 1 fully saturated rings. The molecule has 10 heteroatoms. The number of carbonyl (C=O) groups is 4. The molecule has 0 unspecified atom stereocenters. The lowest BCUT2D eigenvalue weighted by atomic mass is 10.1. The van der Waals surface area contributed by atoms with E-state index in [1.54, 1.807) is 42.5 Å². The molecule has 0 spiro atoms. The van der Waals surface area contributed by atoms with Crippen LogP contribution in [0.15, 0.2) is 46.9 Å². The van der Waals surface area contributed by atoms with Gasteiger partial charge in [-0.1, -0.05) is 31.4 Å². The molecular formula is C25H26BrClN2O6. The molecule has 1 aliphatic rings. The highest BCUT2D eigenvalue weighted by Gasteiger charge is 2.36. The molecule has 1 N–H and O–H groups in total. The molecule has 1 aliphatic heterocycles. The summed E-state index contributed by atoms with van der Waals surface area (Å²) < 4.78 is 11.0. The van der Waals surface area contributed by atoms with Crippen LogP contribution in [0, 0.1) is 5.92 Å². The van der Waals surface area contributed by atoms with Gasteiger partial charge >= 0.3 is 11.9 Å². The predicted molar refractivity (Wildman–Crippen MR) is 135 cm³/mol. The minimum Gasteiger partial charge on any atom is -0.462 e. The maximum Gasteiger partial charge on any atom is 0.338 e. The third-order valence-electron chi connectivity index (χ3n) is 5.40. The van der Waals surface area contributed by atoms with Gasteiger partial charge in [-0.3, -0.25) is 14.4 Å². The van der Waals surface area contributed by atoms with Crippen molar-refractivity contribution >= 4 is 62.7 Å². The van der Waals surface area contributed by atoms with Gasteiger partial charge in [-0.25, -0.2) is 4.79 Å². The third kappa shape index (κ3) is 7.53. The predicted octanol–water partition coefficient (Wildman–Crippen LogP) is 4.98. The second-order valence-electron chi connectivity index (χ2n) is 8.08. The highest BCUT2D eigenvalue weighted by atomic mass is 79.9. The Bertz CT molecular complexity index is 1090. The number of benzene rings is 2. The first-order valence-electron chi connectivity index (χ1n) is 11.3. The van der Waals surface area contributed by atoms with Crippen molar-refractivity contribution in [2.45, 2.75) is 32.6 Å². The van der Waals surface area contributed by atoms with Crippen LogP contribution in [0.2, 0.25) is 5.02 Å². The van der Waals surface area contributed by atoms with Crippen molar-refractivity contribution in [1.82, 2.24) is 0 Å². The zero-order chi connectivity index (χ0) is 25.4. The summed E-state index contributed by atoms with van der Waals surface area (Å²) in [5, 5.41) is 3.03. The molecule has 8 nitrogen and oxygen atoms in total. The van der Waals surface area contributed by atoms with E-state index in [2.05, 4.69) is 28.2 Å². The van der Waals surface area contributed by atoms with E-state index in [1.807, 2.05) is 0 Å². The lowest BCUT2D eigenvalue weighted by molar-refractivity contribution is -0.151. The first-order chi connectivity index (χ1) is 16.8. The average Bonchev–Trinajstić information content (AvgIpc) is 3.24. The van der Waals surface area contributed by atoms with Crippen molar-refractivity contribution in [3.63, 3.8) is 0 Å². The van der Waals surface area contributed by atoms with Crippen LogP contribution in [0.4, 0.5) is 11.4 Å². The van der Waals surface area contributed by atoms with Crippen LogP contribution in [-0.4, -0.2) is 43.5 Å². The third-order valence-corrected chi connectivity index (χ3v) is 6.64. The molecule has 0 aliphatic carbocycles. The molecule has 1 heterocycles. The summed E-state index contributed by atoms with van der Waals surface area (Å²) in [5.74, 6) is -2.49. The first kappa shape index (κ1) is 26.7. The molecule has 0 radical (unpaired) electrons. The Balaban J connectivity index is 1.48. The van der Waals surface area contributed by atoms with E-state index in [4.69, 9.17) is 21.1 Å². The van der Waals surface area contributed by atoms with Gasteiger partial charge in [-0.15, -0.1) is 0 Å². The lowest BCUT2D eigenvalue weighted by Crippen LogP contribution is -2.28. The molecule has 1 saturated heterocycles. The number of rotatable bonds is 10. The Labute approximate surface area is 217 Å².